The highest BCUT2D eigenvalue weighted by atomic mass is 19.4. The highest BCUT2D eigenvalue weighted by Gasteiger charge is 2.25. The zero-order chi connectivity index (χ0) is 12.3. The molecule has 0 atom stereocenters. The third-order valence-electron chi connectivity index (χ3n) is 2.28. The van der Waals surface area contributed by atoms with Crippen LogP contribution in [0.25, 0.3) is 5.57 Å². The highest BCUT2D eigenvalue weighted by Crippen LogP contribution is 2.26. The summed E-state index contributed by atoms with van der Waals surface area (Å²) in [5.41, 5.74) is 1.90. The maximum atomic E-state index is 12.1. The summed E-state index contributed by atoms with van der Waals surface area (Å²) in [5.74, 6) is 0. The Bertz CT molecular complexity index is 476. The summed E-state index contributed by atoms with van der Waals surface area (Å²) in [6, 6.07) is 9.48. The van der Waals surface area contributed by atoms with Gasteiger partial charge in [-0.1, -0.05) is 42.5 Å². The Morgan fingerprint density at radius 2 is 1.71 bits per heavy atom. The molecular formula is C14H9F3. The van der Waals surface area contributed by atoms with Gasteiger partial charge >= 0.3 is 6.18 Å². The average Bonchev–Trinajstić information content (AvgIpc) is 2.29. The van der Waals surface area contributed by atoms with E-state index in [4.69, 9.17) is 0 Å². The predicted octanol–water partition coefficient (Wildman–Crippen LogP) is 4.14. The third-order valence-corrected chi connectivity index (χ3v) is 2.28. The molecule has 0 fully saturated rings. The van der Waals surface area contributed by atoms with Crippen LogP contribution in [0.3, 0.4) is 0 Å². The molecule has 0 bridgehead atoms. The lowest BCUT2D eigenvalue weighted by Gasteiger charge is -2.09. The second kappa shape index (κ2) is 4.48. The molecule has 0 saturated carbocycles. The summed E-state index contributed by atoms with van der Waals surface area (Å²) >= 11 is 0. The topological polar surface area (TPSA) is 0 Å². The minimum atomic E-state index is -4.39. The molecule has 0 aromatic heterocycles. The molecule has 3 heteroatoms. The van der Waals surface area contributed by atoms with Gasteiger partial charge < -0.3 is 0 Å². The molecule has 1 aromatic rings. The molecule has 0 unspecified atom stereocenters. The number of allylic oxidation sites excluding steroid dienone is 6. The van der Waals surface area contributed by atoms with Crippen LogP contribution in [0.15, 0.2) is 54.1 Å². The zero-order valence-corrected chi connectivity index (χ0v) is 8.83. The van der Waals surface area contributed by atoms with Crippen LogP contribution in [0.1, 0.15) is 5.56 Å². The van der Waals surface area contributed by atoms with Crippen LogP contribution in [0.4, 0.5) is 13.2 Å². The maximum Gasteiger partial charge on any atom is 0.450 e. The fourth-order valence-corrected chi connectivity index (χ4v) is 1.54. The van der Waals surface area contributed by atoms with Crippen molar-refractivity contribution < 1.29 is 13.2 Å². The van der Waals surface area contributed by atoms with Crippen molar-refractivity contribution in [2.24, 2.45) is 0 Å². The van der Waals surface area contributed by atoms with Crippen molar-refractivity contribution in [2.75, 3.05) is 0 Å². The molecular weight excluding hydrogens is 225 g/mol. The largest absolute Gasteiger partial charge is 0.450 e. The standard InChI is InChI=1S/C14H9F3/c15-14(16,17)10-11-6-8-13(9-7-11)12-4-2-1-3-5-12/h1-9H. The molecule has 17 heavy (non-hydrogen) atoms. The Kier molecular flexibility index (Phi) is 3.03. The smallest absolute Gasteiger partial charge is 0.159 e. The Morgan fingerprint density at radius 1 is 1.00 bits per heavy atom. The van der Waals surface area contributed by atoms with Gasteiger partial charge in [0.25, 0.3) is 0 Å². The van der Waals surface area contributed by atoms with Crippen molar-refractivity contribution in [2.45, 2.75) is 6.18 Å². The molecule has 2 rings (SSSR count). The molecule has 0 nitrogen and oxygen atoms in total. The van der Waals surface area contributed by atoms with E-state index >= 15 is 0 Å². The molecule has 0 saturated heterocycles. The summed E-state index contributed by atoms with van der Waals surface area (Å²) in [7, 11) is 0. The number of alkyl halides is 3. The molecule has 0 heterocycles. The number of hydrogen-bond donors (Lipinski definition) is 0. The molecule has 0 spiro atoms. The maximum absolute atomic E-state index is 12.1. The Hall–Kier alpha value is -1.99. The van der Waals surface area contributed by atoms with Crippen molar-refractivity contribution in [1.82, 2.24) is 0 Å². The summed E-state index contributed by atoms with van der Waals surface area (Å²) in [6.45, 7) is 0. The van der Waals surface area contributed by atoms with Crippen LogP contribution >= 0.6 is 0 Å². The van der Waals surface area contributed by atoms with Crippen LogP contribution < -0.4 is 0 Å². The zero-order valence-electron chi connectivity index (χ0n) is 8.83. The minimum Gasteiger partial charge on any atom is -0.159 e. The van der Waals surface area contributed by atoms with Crippen LogP contribution in [-0.2, 0) is 0 Å². The highest BCUT2D eigenvalue weighted by molar-refractivity contribution is 5.78. The molecule has 0 aliphatic heterocycles. The molecule has 0 radical (unpaired) electrons. The monoisotopic (exact) mass is 234 g/mol. The first-order valence-electron chi connectivity index (χ1n) is 5.05. The quantitative estimate of drug-likeness (QED) is 0.641. The summed E-state index contributed by atoms with van der Waals surface area (Å²) in [4.78, 5) is 0. The van der Waals surface area contributed by atoms with Gasteiger partial charge in [0.1, 0.15) is 0 Å². The van der Waals surface area contributed by atoms with E-state index in [1.807, 2.05) is 30.3 Å². The minimum absolute atomic E-state index is 0.0391. The molecule has 0 N–H and O–H groups in total. The van der Waals surface area contributed by atoms with Crippen molar-refractivity contribution >= 4 is 5.57 Å². The first kappa shape index (κ1) is 11.5. The Labute approximate surface area is 97.8 Å². The SMILES string of the molecule is FC(F)(F)[C+]=C1C=CC(c2ccccc2)=C[CH-]1. The van der Waals surface area contributed by atoms with E-state index in [1.165, 1.54) is 18.6 Å². The van der Waals surface area contributed by atoms with Crippen LogP contribution in [0, 0.1) is 12.5 Å². The van der Waals surface area contributed by atoms with Crippen molar-refractivity contribution in [3.63, 3.8) is 0 Å². The van der Waals surface area contributed by atoms with E-state index in [0.717, 1.165) is 11.1 Å². The van der Waals surface area contributed by atoms with Gasteiger partial charge in [0.2, 0.25) is 0 Å². The van der Waals surface area contributed by atoms with Gasteiger partial charge in [0, 0.05) is 5.57 Å². The average molecular weight is 234 g/mol. The van der Waals surface area contributed by atoms with Gasteiger partial charge in [-0.3, -0.25) is 0 Å². The van der Waals surface area contributed by atoms with Gasteiger partial charge in [-0.15, -0.1) is 0 Å². The van der Waals surface area contributed by atoms with Crippen molar-refractivity contribution in [1.29, 1.82) is 0 Å². The lowest BCUT2D eigenvalue weighted by molar-refractivity contribution is -0.0879. The summed E-state index contributed by atoms with van der Waals surface area (Å²) in [6.07, 6.45) is 3.20. The second-order valence-corrected chi connectivity index (χ2v) is 3.57. The van der Waals surface area contributed by atoms with Gasteiger partial charge in [0.15, 0.2) is 0 Å². The Balaban J connectivity index is 2.15. The number of halogens is 3. The molecule has 86 valence electrons. The molecule has 0 amide bonds. The van der Waals surface area contributed by atoms with E-state index in [9.17, 15) is 13.2 Å². The number of hydrogen-bond acceptors (Lipinski definition) is 0. The Morgan fingerprint density at radius 3 is 2.24 bits per heavy atom. The van der Waals surface area contributed by atoms with Gasteiger partial charge in [-0.2, -0.15) is 13.2 Å². The first-order chi connectivity index (χ1) is 8.04. The third kappa shape index (κ3) is 3.23. The lowest BCUT2D eigenvalue weighted by Crippen LogP contribution is -2.05. The summed E-state index contributed by atoms with van der Waals surface area (Å²) < 4.78 is 36.2. The van der Waals surface area contributed by atoms with Gasteiger partial charge in [0.05, 0.1) is 0 Å². The molecule has 1 aliphatic rings. The lowest BCUT2D eigenvalue weighted by atomic mass is 9.97. The van der Waals surface area contributed by atoms with E-state index in [1.54, 1.807) is 12.2 Å². The van der Waals surface area contributed by atoms with Crippen LogP contribution in [-0.4, -0.2) is 6.18 Å². The van der Waals surface area contributed by atoms with Gasteiger partial charge in [-0.25, -0.2) is 0 Å². The second-order valence-electron chi connectivity index (χ2n) is 3.57. The molecule has 1 aromatic carbocycles. The van der Waals surface area contributed by atoms with Crippen molar-refractivity contribution in [3.05, 3.63) is 72.2 Å². The van der Waals surface area contributed by atoms with Crippen LogP contribution in [0.5, 0.6) is 0 Å². The van der Waals surface area contributed by atoms with Crippen LogP contribution in [0.2, 0.25) is 0 Å². The number of benzene rings is 1. The van der Waals surface area contributed by atoms with E-state index < -0.39 is 6.18 Å². The normalized spacial score (nSPS) is 17.4. The van der Waals surface area contributed by atoms with E-state index in [0.29, 0.717) is 0 Å². The molecule has 1 aliphatic carbocycles. The predicted molar refractivity (Wildman–Crippen MR) is 60.7 cm³/mol. The summed E-state index contributed by atoms with van der Waals surface area (Å²) in [5, 5.41) is 0. The fourth-order valence-electron chi connectivity index (χ4n) is 1.54. The van der Waals surface area contributed by atoms with Crippen molar-refractivity contribution in [3.8, 4) is 0 Å². The van der Waals surface area contributed by atoms with E-state index in [-0.39, 0.29) is 5.57 Å². The first-order valence-corrected chi connectivity index (χ1v) is 5.05. The van der Waals surface area contributed by atoms with Gasteiger partial charge in [-0.05, 0) is 29.7 Å². The van der Waals surface area contributed by atoms with E-state index in [2.05, 4.69) is 0 Å². The fraction of sp³-hybridized carbons (Fsp3) is 0.0714. The number of rotatable bonds is 1.